The molecule has 4 heteroatoms. The van der Waals surface area contributed by atoms with E-state index < -0.39 is 0 Å². The predicted octanol–water partition coefficient (Wildman–Crippen LogP) is 2.49. The monoisotopic (exact) mass is 207 g/mol. The molecule has 0 fully saturated rings. The van der Waals surface area contributed by atoms with Crippen LogP contribution >= 0.6 is 11.8 Å². The van der Waals surface area contributed by atoms with E-state index in [1.54, 1.807) is 24.2 Å². The highest BCUT2D eigenvalue weighted by Crippen LogP contribution is 2.21. The van der Waals surface area contributed by atoms with Gasteiger partial charge in [0.25, 0.3) is 0 Å². The normalized spacial score (nSPS) is 12.1. The zero-order valence-electron chi connectivity index (χ0n) is 8.40. The van der Waals surface area contributed by atoms with E-state index in [1.165, 1.54) is 0 Å². The Morgan fingerprint density at radius 2 is 2.21 bits per heavy atom. The fourth-order valence-corrected chi connectivity index (χ4v) is 1.90. The molecule has 0 aromatic carbocycles. The third-order valence-corrected chi connectivity index (χ3v) is 3.28. The second kappa shape index (κ2) is 5.61. The Morgan fingerprint density at radius 3 is 2.86 bits per heavy atom. The predicted molar refractivity (Wildman–Crippen MR) is 56.9 cm³/mol. The molecular formula is C10H13N3S. The standard InChI is InChI=1S/C10H13N3S/c1-3-8(2)7-14-10-9(6-11)12-4-5-13-10/h4-5,8H,3,7H2,1-2H3. The second-order valence-electron chi connectivity index (χ2n) is 3.15. The van der Waals surface area contributed by atoms with Crippen LogP contribution in [-0.4, -0.2) is 15.7 Å². The molecule has 1 atom stereocenters. The smallest absolute Gasteiger partial charge is 0.172 e. The highest BCUT2D eigenvalue weighted by atomic mass is 32.2. The van der Waals surface area contributed by atoms with Gasteiger partial charge in [-0.3, -0.25) is 0 Å². The third-order valence-electron chi connectivity index (χ3n) is 1.97. The summed E-state index contributed by atoms with van der Waals surface area (Å²) < 4.78 is 0. The maximum atomic E-state index is 8.78. The van der Waals surface area contributed by atoms with Crippen LogP contribution in [-0.2, 0) is 0 Å². The molecule has 0 aliphatic heterocycles. The highest BCUT2D eigenvalue weighted by Gasteiger charge is 2.06. The van der Waals surface area contributed by atoms with Crippen LogP contribution in [0.3, 0.4) is 0 Å². The molecule has 1 aromatic heterocycles. The Hall–Kier alpha value is -1.08. The SMILES string of the molecule is CCC(C)CSc1nccnc1C#N. The van der Waals surface area contributed by atoms with Gasteiger partial charge < -0.3 is 0 Å². The molecule has 0 aliphatic carbocycles. The topological polar surface area (TPSA) is 49.6 Å². The Bertz CT molecular complexity index is 332. The number of thioether (sulfide) groups is 1. The van der Waals surface area contributed by atoms with E-state index in [0.29, 0.717) is 11.6 Å². The van der Waals surface area contributed by atoms with Crippen LogP contribution in [0.25, 0.3) is 0 Å². The Kier molecular flexibility index (Phi) is 4.41. The summed E-state index contributed by atoms with van der Waals surface area (Å²) in [6.45, 7) is 4.35. The molecule has 0 spiro atoms. The van der Waals surface area contributed by atoms with Gasteiger partial charge in [-0.25, -0.2) is 9.97 Å². The summed E-state index contributed by atoms with van der Waals surface area (Å²) in [6, 6.07) is 2.04. The molecule has 1 unspecified atom stereocenters. The van der Waals surface area contributed by atoms with Crippen molar-refractivity contribution < 1.29 is 0 Å². The Morgan fingerprint density at radius 1 is 1.50 bits per heavy atom. The lowest BCUT2D eigenvalue weighted by Crippen LogP contribution is -1.97. The van der Waals surface area contributed by atoms with Gasteiger partial charge >= 0.3 is 0 Å². The minimum Gasteiger partial charge on any atom is -0.245 e. The molecule has 0 saturated carbocycles. The summed E-state index contributed by atoms with van der Waals surface area (Å²) >= 11 is 1.61. The molecule has 74 valence electrons. The van der Waals surface area contributed by atoms with Gasteiger partial charge in [0.2, 0.25) is 0 Å². The quantitative estimate of drug-likeness (QED) is 0.712. The van der Waals surface area contributed by atoms with Gasteiger partial charge in [0.15, 0.2) is 5.69 Å². The Balaban J connectivity index is 2.63. The van der Waals surface area contributed by atoms with Crippen molar-refractivity contribution in [3.8, 4) is 6.07 Å². The largest absolute Gasteiger partial charge is 0.245 e. The average Bonchev–Trinajstić information content (AvgIpc) is 2.26. The zero-order chi connectivity index (χ0) is 10.4. The first-order chi connectivity index (χ1) is 6.77. The first-order valence-electron chi connectivity index (χ1n) is 4.61. The van der Waals surface area contributed by atoms with Gasteiger partial charge in [0.05, 0.1) is 0 Å². The van der Waals surface area contributed by atoms with Crippen molar-refractivity contribution in [1.29, 1.82) is 5.26 Å². The van der Waals surface area contributed by atoms with E-state index in [-0.39, 0.29) is 0 Å². The van der Waals surface area contributed by atoms with Crippen molar-refractivity contribution in [2.75, 3.05) is 5.75 Å². The van der Waals surface area contributed by atoms with Gasteiger partial charge in [0.1, 0.15) is 11.1 Å². The molecule has 0 radical (unpaired) electrons. The fourth-order valence-electron chi connectivity index (χ4n) is 0.847. The van der Waals surface area contributed by atoms with Gasteiger partial charge in [-0.15, -0.1) is 11.8 Å². The second-order valence-corrected chi connectivity index (χ2v) is 4.16. The van der Waals surface area contributed by atoms with Gasteiger partial charge in [-0.1, -0.05) is 20.3 Å². The molecule has 14 heavy (non-hydrogen) atoms. The van der Waals surface area contributed by atoms with Crippen LogP contribution in [0.5, 0.6) is 0 Å². The number of hydrogen-bond acceptors (Lipinski definition) is 4. The lowest BCUT2D eigenvalue weighted by molar-refractivity contribution is 0.636. The van der Waals surface area contributed by atoms with Crippen molar-refractivity contribution in [1.82, 2.24) is 9.97 Å². The minimum absolute atomic E-state index is 0.431. The first kappa shape index (κ1) is 11.0. The molecule has 1 aromatic rings. The van der Waals surface area contributed by atoms with Crippen molar-refractivity contribution in [2.24, 2.45) is 5.92 Å². The number of hydrogen-bond donors (Lipinski definition) is 0. The zero-order valence-corrected chi connectivity index (χ0v) is 9.21. The molecule has 0 bridgehead atoms. The van der Waals surface area contributed by atoms with E-state index in [0.717, 1.165) is 17.2 Å². The molecule has 3 nitrogen and oxygen atoms in total. The van der Waals surface area contributed by atoms with E-state index in [1.807, 2.05) is 6.07 Å². The van der Waals surface area contributed by atoms with Crippen LogP contribution in [0.1, 0.15) is 26.0 Å². The van der Waals surface area contributed by atoms with Crippen LogP contribution < -0.4 is 0 Å². The number of nitrogens with zero attached hydrogens (tertiary/aromatic N) is 3. The average molecular weight is 207 g/mol. The Labute approximate surface area is 88.6 Å². The van der Waals surface area contributed by atoms with E-state index in [9.17, 15) is 0 Å². The van der Waals surface area contributed by atoms with Crippen LogP contribution in [0.15, 0.2) is 17.4 Å². The number of rotatable bonds is 4. The van der Waals surface area contributed by atoms with Gasteiger partial charge in [-0.2, -0.15) is 5.26 Å². The molecule has 1 heterocycles. The van der Waals surface area contributed by atoms with Crippen LogP contribution in [0.2, 0.25) is 0 Å². The summed E-state index contributed by atoms with van der Waals surface area (Å²) in [5.41, 5.74) is 0.431. The number of nitriles is 1. The molecule has 0 aliphatic rings. The van der Waals surface area contributed by atoms with E-state index in [2.05, 4.69) is 23.8 Å². The maximum absolute atomic E-state index is 8.78. The maximum Gasteiger partial charge on any atom is 0.172 e. The highest BCUT2D eigenvalue weighted by molar-refractivity contribution is 7.99. The summed E-state index contributed by atoms with van der Waals surface area (Å²) in [6.07, 6.45) is 4.32. The lowest BCUT2D eigenvalue weighted by atomic mass is 10.2. The van der Waals surface area contributed by atoms with Crippen LogP contribution in [0, 0.1) is 17.2 Å². The van der Waals surface area contributed by atoms with Crippen molar-refractivity contribution >= 4 is 11.8 Å². The van der Waals surface area contributed by atoms with E-state index in [4.69, 9.17) is 5.26 Å². The van der Waals surface area contributed by atoms with Crippen molar-refractivity contribution in [3.63, 3.8) is 0 Å². The third kappa shape index (κ3) is 3.00. The van der Waals surface area contributed by atoms with Gasteiger partial charge in [0, 0.05) is 18.1 Å². The lowest BCUT2D eigenvalue weighted by Gasteiger charge is -2.06. The van der Waals surface area contributed by atoms with Crippen molar-refractivity contribution in [2.45, 2.75) is 25.3 Å². The summed E-state index contributed by atoms with van der Waals surface area (Å²) in [7, 11) is 0. The molecule has 0 N–H and O–H groups in total. The summed E-state index contributed by atoms with van der Waals surface area (Å²) in [4.78, 5) is 8.09. The summed E-state index contributed by atoms with van der Waals surface area (Å²) in [5.74, 6) is 1.64. The molecule has 0 amide bonds. The molecule has 1 rings (SSSR count). The van der Waals surface area contributed by atoms with Gasteiger partial charge in [-0.05, 0) is 5.92 Å². The molecule has 0 saturated heterocycles. The number of aromatic nitrogens is 2. The minimum atomic E-state index is 0.431. The molecular weight excluding hydrogens is 194 g/mol. The summed E-state index contributed by atoms with van der Waals surface area (Å²) in [5, 5.41) is 9.52. The van der Waals surface area contributed by atoms with E-state index >= 15 is 0 Å². The van der Waals surface area contributed by atoms with Crippen molar-refractivity contribution in [3.05, 3.63) is 18.1 Å². The van der Waals surface area contributed by atoms with Crippen LogP contribution in [0.4, 0.5) is 0 Å². The fraction of sp³-hybridized carbons (Fsp3) is 0.500. The first-order valence-corrected chi connectivity index (χ1v) is 5.60.